The lowest BCUT2D eigenvalue weighted by molar-refractivity contribution is -0.117. The third-order valence-corrected chi connectivity index (χ3v) is 5.05. The molecule has 1 aliphatic rings. The Hall–Kier alpha value is -1.39. The number of nitrogens with zero attached hydrogens (tertiary/aromatic N) is 1. The van der Waals surface area contributed by atoms with E-state index in [-0.39, 0.29) is 11.7 Å². The first-order valence-corrected chi connectivity index (χ1v) is 7.69. The average Bonchev–Trinajstić information content (AvgIpc) is 2.76. The molecule has 2 aromatic carbocycles. The quantitative estimate of drug-likeness (QED) is 0.718. The topological polar surface area (TPSA) is 20.3 Å². The molecule has 1 aliphatic heterocycles. The Morgan fingerprint density at radius 2 is 2.10 bits per heavy atom. The highest BCUT2D eigenvalue weighted by atomic mass is 79.9. The van der Waals surface area contributed by atoms with Gasteiger partial charge in [0.05, 0.1) is 16.3 Å². The summed E-state index contributed by atoms with van der Waals surface area (Å²) in [6.07, 6.45) is 0.383. The van der Waals surface area contributed by atoms with Crippen LogP contribution in [0, 0.1) is 5.82 Å². The number of alkyl halides is 1. The van der Waals surface area contributed by atoms with Crippen molar-refractivity contribution in [3.63, 3.8) is 0 Å². The molecule has 1 unspecified atom stereocenters. The van der Waals surface area contributed by atoms with Crippen LogP contribution in [-0.4, -0.2) is 13.0 Å². The van der Waals surface area contributed by atoms with Gasteiger partial charge in [-0.1, -0.05) is 24.3 Å². The SMILES string of the molecule is CN1C(=O)Cc2cc(C(Cl)c3cccc(F)c3Br)ccc21. The molecule has 5 heteroatoms. The molecule has 1 amide bonds. The maximum atomic E-state index is 13.6. The van der Waals surface area contributed by atoms with Crippen LogP contribution in [-0.2, 0) is 11.2 Å². The molecular formula is C16H12BrClFNO. The van der Waals surface area contributed by atoms with Gasteiger partial charge in [-0.05, 0) is 44.8 Å². The normalized spacial score (nSPS) is 15.2. The summed E-state index contributed by atoms with van der Waals surface area (Å²) in [7, 11) is 1.76. The van der Waals surface area contributed by atoms with Crippen LogP contribution in [0.3, 0.4) is 0 Å². The lowest BCUT2D eigenvalue weighted by Crippen LogP contribution is -2.20. The number of anilines is 1. The highest BCUT2D eigenvalue weighted by Crippen LogP contribution is 2.38. The molecule has 0 radical (unpaired) electrons. The number of likely N-dealkylation sites (N-methyl/N-ethyl adjacent to an activating group) is 1. The zero-order chi connectivity index (χ0) is 15.1. The van der Waals surface area contributed by atoms with Crippen LogP contribution in [0.5, 0.6) is 0 Å². The zero-order valence-electron chi connectivity index (χ0n) is 11.2. The summed E-state index contributed by atoms with van der Waals surface area (Å²) in [6, 6.07) is 10.5. The summed E-state index contributed by atoms with van der Waals surface area (Å²) in [5.74, 6) is -0.269. The number of hydrogen-bond donors (Lipinski definition) is 0. The van der Waals surface area contributed by atoms with Crippen molar-refractivity contribution < 1.29 is 9.18 Å². The van der Waals surface area contributed by atoms with Crippen LogP contribution < -0.4 is 4.90 Å². The summed E-state index contributed by atoms with van der Waals surface area (Å²) in [4.78, 5) is 13.4. The van der Waals surface area contributed by atoms with Crippen molar-refractivity contribution in [1.29, 1.82) is 0 Å². The van der Waals surface area contributed by atoms with E-state index in [0.29, 0.717) is 16.5 Å². The van der Waals surface area contributed by atoms with Crippen molar-refractivity contribution in [2.24, 2.45) is 0 Å². The summed E-state index contributed by atoms with van der Waals surface area (Å²) >= 11 is 9.73. The highest BCUT2D eigenvalue weighted by molar-refractivity contribution is 9.10. The third kappa shape index (κ3) is 2.47. The highest BCUT2D eigenvalue weighted by Gasteiger charge is 2.25. The fourth-order valence-corrected chi connectivity index (χ4v) is 3.49. The van der Waals surface area contributed by atoms with Crippen molar-refractivity contribution in [3.05, 3.63) is 63.4 Å². The number of rotatable bonds is 2. The van der Waals surface area contributed by atoms with Gasteiger partial charge in [0.15, 0.2) is 0 Å². The summed E-state index contributed by atoms with van der Waals surface area (Å²) in [5.41, 5.74) is 3.39. The smallest absolute Gasteiger partial charge is 0.231 e. The van der Waals surface area contributed by atoms with Crippen molar-refractivity contribution in [2.45, 2.75) is 11.8 Å². The van der Waals surface area contributed by atoms with Crippen LogP contribution >= 0.6 is 27.5 Å². The number of hydrogen-bond acceptors (Lipinski definition) is 1. The van der Waals surface area contributed by atoms with Gasteiger partial charge in [0.1, 0.15) is 5.82 Å². The molecule has 0 bridgehead atoms. The molecule has 21 heavy (non-hydrogen) atoms. The molecule has 0 spiro atoms. The van der Waals surface area contributed by atoms with Crippen molar-refractivity contribution in [1.82, 2.24) is 0 Å². The largest absolute Gasteiger partial charge is 0.315 e. The molecule has 108 valence electrons. The van der Waals surface area contributed by atoms with E-state index in [1.54, 1.807) is 24.1 Å². The minimum Gasteiger partial charge on any atom is -0.315 e. The monoisotopic (exact) mass is 367 g/mol. The summed E-state index contributed by atoms with van der Waals surface area (Å²) in [5, 5.41) is -0.471. The van der Waals surface area contributed by atoms with Gasteiger partial charge in [-0.2, -0.15) is 0 Å². The number of halogens is 3. The standard InChI is InChI=1S/C16H12BrClFNO/c1-20-13-6-5-9(7-10(13)8-14(20)21)16(18)11-3-2-4-12(19)15(11)17/h2-7,16H,8H2,1H3. The first kappa shape index (κ1) is 14.5. The maximum absolute atomic E-state index is 13.6. The Balaban J connectivity index is 2.00. The Morgan fingerprint density at radius 1 is 1.33 bits per heavy atom. The third-order valence-electron chi connectivity index (χ3n) is 3.73. The van der Waals surface area contributed by atoms with E-state index < -0.39 is 5.38 Å². The number of carbonyl (C=O) groups excluding carboxylic acids is 1. The lowest BCUT2D eigenvalue weighted by Gasteiger charge is -2.15. The molecule has 0 fully saturated rings. The minimum absolute atomic E-state index is 0.0696. The molecule has 0 saturated heterocycles. The molecule has 1 atom stereocenters. The molecule has 0 saturated carbocycles. The van der Waals surface area contributed by atoms with E-state index in [1.165, 1.54) is 6.07 Å². The van der Waals surface area contributed by atoms with Crippen LogP contribution in [0.4, 0.5) is 10.1 Å². The Kier molecular flexibility index (Phi) is 3.76. The van der Waals surface area contributed by atoms with Crippen molar-refractivity contribution >= 4 is 39.1 Å². The van der Waals surface area contributed by atoms with Gasteiger partial charge in [0.25, 0.3) is 0 Å². The molecule has 2 nitrogen and oxygen atoms in total. The van der Waals surface area contributed by atoms with Crippen LogP contribution in [0.15, 0.2) is 40.9 Å². The first-order chi connectivity index (χ1) is 9.99. The average molecular weight is 369 g/mol. The second-order valence-corrected chi connectivity index (χ2v) is 6.25. The fourth-order valence-electron chi connectivity index (χ4n) is 2.54. The zero-order valence-corrected chi connectivity index (χ0v) is 13.6. The Morgan fingerprint density at radius 3 is 2.86 bits per heavy atom. The molecule has 0 N–H and O–H groups in total. The van der Waals surface area contributed by atoms with E-state index in [0.717, 1.165) is 16.8 Å². The molecule has 2 aromatic rings. The van der Waals surface area contributed by atoms with Gasteiger partial charge in [0.2, 0.25) is 5.91 Å². The van der Waals surface area contributed by atoms with E-state index in [4.69, 9.17) is 11.6 Å². The van der Waals surface area contributed by atoms with Gasteiger partial charge in [-0.3, -0.25) is 4.79 Å². The van der Waals surface area contributed by atoms with Gasteiger partial charge < -0.3 is 4.90 Å². The number of benzene rings is 2. The molecule has 0 aliphatic carbocycles. The van der Waals surface area contributed by atoms with Crippen molar-refractivity contribution in [2.75, 3.05) is 11.9 Å². The molecule has 0 aromatic heterocycles. The lowest BCUT2D eigenvalue weighted by atomic mass is 10.0. The van der Waals surface area contributed by atoms with E-state index in [1.807, 2.05) is 18.2 Å². The minimum atomic E-state index is -0.471. The summed E-state index contributed by atoms with van der Waals surface area (Å²) < 4.78 is 14.0. The van der Waals surface area contributed by atoms with Gasteiger partial charge >= 0.3 is 0 Å². The Bertz CT molecular complexity index is 734. The van der Waals surface area contributed by atoms with Gasteiger partial charge in [0, 0.05) is 12.7 Å². The number of fused-ring (bicyclic) bond motifs is 1. The Labute approximate surface area is 135 Å². The van der Waals surface area contributed by atoms with E-state index in [2.05, 4.69) is 15.9 Å². The summed E-state index contributed by atoms with van der Waals surface area (Å²) in [6.45, 7) is 0. The first-order valence-electron chi connectivity index (χ1n) is 6.46. The van der Waals surface area contributed by atoms with Crippen LogP contribution in [0.1, 0.15) is 22.1 Å². The number of amides is 1. The predicted octanol–water partition coefficient (Wildman–Crippen LogP) is 4.44. The number of carbonyl (C=O) groups is 1. The van der Waals surface area contributed by atoms with Crippen LogP contribution in [0.2, 0.25) is 0 Å². The molecule has 1 heterocycles. The van der Waals surface area contributed by atoms with Crippen LogP contribution in [0.25, 0.3) is 0 Å². The maximum Gasteiger partial charge on any atom is 0.231 e. The van der Waals surface area contributed by atoms with E-state index >= 15 is 0 Å². The fraction of sp³-hybridized carbons (Fsp3) is 0.188. The molecular weight excluding hydrogens is 357 g/mol. The van der Waals surface area contributed by atoms with E-state index in [9.17, 15) is 9.18 Å². The second-order valence-electron chi connectivity index (χ2n) is 5.02. The predicted molar refractivity (Wildman–Crippen MR) is 85.4 cm³/mol. The van der Waals surface area contributed by atoms with Crippen molar-refractivity contribution in [3.8, 4) is 0 Å². The van der Waals surface area contributed by atoms with Gasteiger partial charge in [-0.25, -0.2) is 4.39 Å². The second kappa shape index (κ2) is 5.43. The molecule has 3 rings (SSSR count). The van der Waals surface area contributed by atoms with Gasteiger partial charge in [-0.15, -0.1) is 11.6 Å².